The summed E-state index contributed by atoms with van der Waals surface area (Å²) >= 11 is 5.24. The van der Waals surface area contributed by atoms with E-state index in [9.17, 15) is 0 Å². The molecule has 0 atom stereocenters. The van der Waals surface area contributed by atoms with Crippen LogP contribution in [0.4, 0.5) is 0 Å². The maximum atomic E-state index is 3.49. The van der Waals surface area contributed by atoms with E-state index in [-0.39, 0.29) is 0 Å². The number of hydrogen-bond acceptors (Lipinski definition) is 0. The Morgan fingerprint density at radius 2 is 1.11 bits per heavy atom. The van der Waals surface area contributed by atoms with Gasteiger partial charge in [0.25, 0.3) is 0 Å². The number of rotatable bonds is 0. The summed E-state index contributed by atoms with van der Waals surface area (Å²) in [6, 6.07) is 0. The van der Waals surface area contributed by atoms with Gasteiger partial charge in [0, 0.05) is 0 Å². The fourth-order valence-electron chi connectivity index (χ4n) is 0. The average Bonchev–Trinajstić information content (AvgIpc) is 1.70. The molecule has 58 valence electrons. The molecule has 0 rings (SSSR count). The van der Waals surface area contributed by atoms with Crippen molar-refractivity contribution in [3.63, 3.8) is 0 Å². The molecule has 9 heavy (non-hydrogen) atoms. The van der Waals surface area contributed by atoms with Crippen LogP contribution >= 0.6 is 38.4 Å². The van der Waals surface area contributed by atoms with Gasteiger partial charge in [-0.05, 0) is 0 Å². The van der Waals surface area contributed by atoms with E-state index in [0.717, 1.165) is 12.8 Å². The minimum absolute atomic E-state index is 0.440. The van der Waals surface area contributed by atoms with E-state index in [1.807, 2.05) is 13.8 Å². The van der Waals surface area contributed by atoms with E-state index in [4.69, 9.17) is 0 Å². The molecule has 0 saturated heterocycles. The van der Waals surface area contributed by atoms with Crippen LogP contribution in [-0.2, 0) is 11.7 Å². The van der Waals surface area contributed by atoms with Crippen LogP contribution in [0.25, 0.3) is 0 Å². The standard InChI is InChI=1S/2C3H7.2HI.Ti/c2*1-3-2;;;/h2*1,3H2,2H3;2*1H;/q2*-1;;;+2/p-2. The third kappa shape index (κ3) is 144. The minimum atomic E-state index is 0.440. The van der Waals surface area contributed by atoms with Crippen molar-refractivity contribution in [1.82, 2.24) is 0 Å². The first kappa shape index (κ1) is 17.3. The summed E-state index contributed by atoms with van der Waals surface area (Å²) in [7, 11) is 0. The molecule has 0 heterocycles. The third-order valence-electron chi connectivity index (χ3n) is 0. The summed E-state index contributed by atoms with van der Waals surface area (Å²) in [6.07, 6.45) is 2.00. The number of hydrogen-bond donors (Lipinski definition) is 0. The van der Waals surface area contributed by atoms with Crippen LogP contribution in [0.1, 0.15) is 26.7 Å². The molecule has 3 heteroatoms. The Bertz CT molecular complexity index is 15.8. The zero-order valence-corrected chi connectivity index (χ0v) is 12.0. The van der Waals surface area contributed by atoms with E-state index in [2.05, 4.69) is 52.2 Å². The van der Waals surface area contributed by atoms with E-state index in [1.165, 1.54) is 0 Å². The Kier molecular flexibility index (Phi) is 61.5. The third-order valence-corrected chi connectivity index (χ3v) is 0. The molecule has 0 N–H and O–H groups in total. The Balaban J connectivity index is -0.0000000600. The van der Waals surface area contributed by atoms with Crippen molar-refractivity contribution in [3.8, 4) is 0 Å². The zero-order chi connectivity index (χ0) is 8.12. The second-order valence-electron chi connectivity index (χ2n) is 1.07. The quantitative estimate of drug-likeness (QED) is 0.331. The van der Waals surface area contributed by atoms with E-state index in [1.54, 1.807) is 0 Å². The van der Waals surface area contributed by atoms with E-state index < -0.39 is 0 Å². The molecule has 0 unspecified atom stereocenters. The van der Waals surface area contributed by atoms with Crippen LogP contribution in [-0.4, -0.2) is 0 Å². The SMILES string of the molecule is [CH2-]CC.[CH2-]CC.[I][Ti][I]. The van der Waals surface area contributed by atoms with Gasteiger partial charge in [0.15, 0.2) is 0 Å². The average molecular weight is 388 g/mol. The van der Waals surface area contributed by atoms with Gasteiger partial charge in [0.05, 0.1) is 0 Å². The Morgan fingerprint density at radius 1 is 1.11 bits per heavy atom. The van der Waals surface area contributed by atoms with Crippen molar-refractivity contribution >= 4 is 38.4 Å². The molecule has 0 aromatic heterocycles. The van der Waals surface area contributed by atoms with Crippen LogP contribution in [0.2, 0.25) is 0 Å². The van der Waals surface area contributed by atoms with Gasteiger partial charge in [-0.15, -0.1) is 0 Å². The molecule has 0 radical (unpaired) electrons. The van der Waals surface area contributed by atoms with Gasteiger partial charge in [0.2, 0.25) is 0 Å². The second kappa shape index (κ2) is 32.0. The molecule has 0 saturated carbocycles. The molecule has 0 aliphatic rings. The first-order chi connectivity index (χ1) is 4.24. The monoisotopic (exact) mass is 388 g/mol. The van der Waals surface area contributed by atoms with E-state index in [0.29, 0.717) is 11.7 Å². The van der Waals surface area contributed by atoms with Gasteiger partial charge in [-0.1, -0.05) is 13.8 Å². The summed E-state index contributed by atoms with van der Waals surface area (Å²) in [5, 5.41) is 0. The molecule has 0 spiro atoms. The number of halogens is 2. The molecule has 0 bridgehead atoms. The molecular formula is C6H14I2Ti-2. The topological polar surface area (TPSA) is 0 Å². The van der Waals surface area contributed by atoms with Crippen LogP contribution < -0.4 is 0 Å². The predicted octanol–water partition coefficient (Wildman–Crippen LogP) is 4.23. The summed E-state index contributed by atoms with van der Waals surface area (Å²) in [5.74, 6) is 0. The molecular weight excluding hydrogens is 374 g/mol. The molecule has 0 aliphatic heterocycles. The van der Waals surface area contributed by atoms with Crippen molar-refractivity contribution < 1.29 is 11.7 Å². The molecule has 0 aromatic rings. The summed E-state index contributed by atoms with van der Waals surface area (Å²) in [6.45, 7) is 11.0. The summed E-state index contributed by atoms with van der Waals surface area (Å²) in [4.78, 5) is 0. The molecule has 0 aliphatic carbocycles. The summed E-state index contributed by atoms with van der Waals surface area (Å²) in [5.41, 5.74) is 0. The first-order valence-electron chi connectivity index (χ1n) is 2.79. The van der Waals surface area contributed by atoms with Gasteiger partial charge in [-0.2, -0.15) is 12.8 Å². The predicted molar refractivity (Wildman–Crippen MR) is 59.3 cm³/mol. The van der Waals surface area contributed by atoms with Crippen molar-refractivity contribution in [1.29, 1.82) is 0 Å². The van der Waals surface area contributed by atoms with Crippen LogP contribution in [0, 0.1) is 13.8 Å². The van der Waals surface area contributed by atoms with Crippen molar-refractivity contribution in [2.45, 2.75) is 26.7 Å². The molecule has 0 aromatic carbocycles. The van der Waals surface area contributed by atoms with Crippen LogP contribution in [0.15, 0.2) is 0 Å². The molecule has 0 nitrogen and oxygen atoms in total. The van der Waals surface area contributed by atoms with Crippen molar-refractivity contribution in [3.05, 3.63) is 13.8 Å². The normalized spacial score (nSPS) is 5.56. The summed E-state index contributed by atoms with van der Waals surface area (Å²) < 4.78 is 0. The Morgan fingerprint density at radius 3 is 1.11 bits per heavy atom. The zero-order valence-electron chi connectivity index (χ0n) is 6.08. The maximum absolute atomic E-state index is 3.49. The second-order valence-corrected chi connectivity index (χ2v) is 14.3. The van der Waals surface area contributed by atoms with Crippen molar-refractivity contribution in [2.75, 3.05) is 0 Å². The van der Waals surface area contributed by atoms with Crippen LogP contribution in [0.3, 0.4) is 0 Å². The van der Waals surface area contributed by atoms with Gasteiger partial charge >= 0.3 is 50.0 Å². The Hall–Kier alpha value is 2.17. The fourth-order valence-corrected chi connectivity index (χ4v) is 0. The molecule has 0 amide bonds. The van der Waals surface area contributed by atoms with Gasteiger partial charge in [0.1, 0.15) is 0 Å². The van der Waals surface area contributed by atoms with Crippen molar-refractivity contribution in [2.24, 2.45) is 0 Å². The van der Waals surface area contributed by atoms with Crippen LogP contribution in [0.5, 0.6) is 0 Å². The molecule has 0 fully saturated rings. The fraction of sp³-hybridized carbons (Fsp3) is 0.667. The Labute approximate surface area is 89.2 Å². The van der Waals surface area contributed by atoms with Gasteiger partial charge in [-0.3, -0.25) is 0 Å². The van der Waals surface area contributed by atoms with E-state index >= 15 is 0 Å². The van der Waals surface area contributed by atoms with Gasteiger partial charge in [-0.25, -0.2) is 0 Å². The van der Waals surface area contributed by atoms with Gasteiger partial charge < -0.3 is 13.8 Å². The first-order valence-corrected chi connectivity index (χ1v) is 12.9.